The number of benzene rings is 2. The lowest BCUT2D eigenvalue weighted by atomic mass is 9.93. The van der Waals surface area contributed by atoms with Crippen molar-refractivity contribution in [2.24, 2.45) is 17.8 Å². The summed E-state index contributed by atoms with van der Waals surface area (Å²) in [5.41, 5.74) is -0.117. The zero-order valence-corrected chi connectivity index (χ0v) is 35.9. The molecule has 3 aromatic rings. The number of aromatic nitrogens is 2. The lowest BCUT2D eigenvalue weighted by molar-refractivity contribution is -0.142. The van der Waals surface area contributed by atoms with Crippen LogP contribution in [0, 0.1) is 17.8 Å². The van der Waals surface area contributed by atoms with Gasteiger partial charge in [0.15, 0.2) is 0 Å². The zero-order valence-electron chi connectivity index (χ0n) is 35.1. The molecule has 2 aliphatic carbocycles. The number of hydrogen-bond donors (Lipinski definition) is 3. The van der Waals surface area contributed by atoms with Gasteiger partial charge in [-0.15, -0.1) is 0 Å². The van der Waals surface area contributed by atoms with Gasteiger partial charge in [0.25, 0.3) is 5.91 Å². The number of carbonyl (C=O) groups excluding carboxylic acids is 5. The van der Waals surface area contributed by atoms with Gasteiger partial charge >= 0.3 is 6.09 Å². The normalized spacial score (nSPS) is 27.4. The van der Waals surface area contributed by atoms with Crippen molar-refractivity contribution in [3.8, 4) is 17.1 Å². The number of carbonyl (C=O) groups is 5. The van der Waals surface area contributed by atoms with Crippen LogP contribution in [0.25, 0.3) is 22.4 Å². The number of alkyl carbamates (subject to hydrolysis) is 1. The van der Waals surface area contributed by atoms with E-state index in [9.17, 15) is 32.4 Å². The second-order valence-corrected chi connectivity index (χ2v) is 20.1. The van der Waals surface area contributed by atoms with E-state index in [2.05, 4.69) is 15.4 Å². The third-order valence-electron chi connectivity index (χ3n) is 12.5. The van der Waals surface area contributed by atoms with Crippen molar-refractivity contribution in [3.05, 3.63) is 60.7 Å². The molecular formula is C44H55N7O9S. The number of nitrogens with zero attached hydrogens (tertiary/aromatic N) is 4. The smallest absolute Gasteiger partial charge is 0.408 e. The second kappa shape index (κ2) is 16.4. The number of nitrogens with one attached hydrogen (secondary N) is 3. The van der Waals surface area contributed by atoms with E-state index in [-0.39, 0.29) is 44.4 Å². The Morgan fingerprint density at radius 3 is 2.48 bits per heavy atom. The Hall–Kier alpha value is -5.45. The van der Waals surface area contributed by atoms with Crippen molar-refractivity contribution in [1.29, 1.82) is 0 Å². The van der Waals surface area contributed by atoms with Crippen LogP contribution in [0.1, 0.15) is 72.1 Å². The third kappa shape index (κ3) is 8.84. The molecule has 6 atom stereocenters. The molecule has 5 aliphatic rings. The highest BCUT2D eigenvalue weighted by atomic mass is 32.2. The minimum atomic E-state index is -3.93. The Kier molecular flexibility index (Phi) is 11.4. The van der Waals surface area contributed by atoms with Gasteiger partial charge in [-0.1, -0.05) is 55.3 Å². The predicted octanol–water partition coefficient (Wildman–Crippen LogP) is 3.89. The Labute approximate surface area is 355 Å². The number of amides is 5. The van der Waals surface area contributed by atoms with Crippen LogP contribution < -0.4 is 20.1 Å². The van der Waals surface area contributed by atoms with Gasteiger partial charge in [-0.25, -0.2) is 18.2 Å². The van der Waals surface area contributed by atoms with Crippen LogP contribution >= 0.6 is 0 Å². The van der Waals surface area contributed by atoms with Gasteiger partial charge in [0.1, 0.15) is 41.3 Å². The van der Waals surface area contributed by atoms with Gasteiger partial charge in [-0.3, -0.25) is 23.9 Å². The number of allylic oxidation sites excluding steroid dienone is 1. The number of imidazole rings is 1. The highest BCUT2D eigenvalue weighted by molar-refractivity contribution is 7.91. The molecule has 2 saturated heterocycles. The summed E-state index contributed by atoms with van der Waals surface area (Å²) in [6.45, 7) is 5.69. The number of ether oxygens (including phenoxy) is 2. The molecule has 4 heterocycles. The Morgan fingerprint density at radius 2 is 1.75 bits per heavy atom. The molecule has 1 aromatic heterocycles. The molecule has 8 rings (SSSR count). The van der Waals surface area contributed by atoms with Gasteiger partial charge in [0.2, 0.25) is 27.7 Å². The zero-order chi connectivity index (χ0) is 43.3. The number of sulfonamides is 1. The molecular weight excluding hydrogens is 803 g/mol. The minimum absolute atomic E-state index is 0.0410. The van der Waals surface area contributed by atoms with E-state index in [4.69, 9.17) is 14.5 Å². The predicted molar refractivity (Wildman–Crippen MR) is 225 cm³/mol. The molecule has 3 N–H and O–H groups in total. The molecule has 326 valence electrons. The number of methoxy groups -OCH3 is 1. The van der Waals surface area contributed by atoms with Crippen LogP contribution in [-0.4, -0.2) is 113 Å². The van der Waals surface area contributed by atoms with Crippen LogP contribution in [-0.2, 0) is 40.5 Å². The van der Waals surface area contributed by atoms with E-state index >= 15 is 0 Å². The quantitative estimate of drug-likeness (QED) is 0.280. The monoisotopic (exact) mass is 857 g/mol. The molecule has 61 heavy (non-hydrogen) atoms. The van der Waals surface area contributed by atoms with Crippen LogP contribution in [0.3, 0.4) is 0 Å². The summed E-state index contributed by atoms with van der Waals surface area (Å²) in [4.78, 5) is 79.0. The van der Waals surface area contributed by atoms with Gasteiger partial charge in [-0.05, 0) is 71.4 Å². The maximum Gasteiger partial charge on any atom is 0.408 e. The number of hydrogen-bond acceptors (Lipinski definition) is 10. The topological polar surface area (TPSA) is 198 Å². The van der Waals surface area contributed by atoms with E-state index in [0.29, 0.717) is 49.2 Å². The van der Waals surface area contributed by atoms with Gasteiger partial charge in [0, 0.05) is 49.0 Å². The molecule has 2 aromatic carbocycles. The summed E-state index contributed by atoms with van der Waals surface area (Å²) < 4.78 is 41.1. The summed E-state index contributed by atoms with van der Waals surface area (Å²) in [5.74, 6) is -2.11. The van der Waals surface area contributed by atoms with E-state index in [1.165, 1.54) is 4.90 Å². The molecule has 0 bridgehead atoms. The molecule has 16 nitrogen and oxygen atoms in total. The molecule has 2 saturated carbocycles. The van der Waals surface area contributed by atoms with Gasteiger partial charge < -0.3 is 34.5 Å². The van der Waals surface area contributed by atoms with Crippen LogP contribution in [0.5, 0.6) is 5.75 Å². The van der Waals surface area contributed by atoms with Crippen molar-refractivity contribution >= 4 is 50.8 Å². The second-order valence-electron chi connectivity index (χ2n) is 18.1. The fraction of sp³-hybridized carbons (Fsp3) is 0.545. The van der Waals surface area contributed by atoms with Gasteiger partial charge in [0.05, 0.1) is 23.4 Å². The summed E-state index contributed by atoms with van der Waals surface area (Å²) in [5, 5.41) is 5.08. The molecule has 4 fully saturated rings. The van der Waals surface area contributed by atoms with Crippen molar-refractivity contribution < 1.29 is 41.9 Å². The summed E-state index contributed by atoms with van der Waals surface area (Å²) in [6, 6.07) is 13.0. The van der Waals surface area contributed by atoms with Crippen molar-refractivity contribution in [1.82, 2.24) is 34.7 Å². The maximum atomic E-state index is 14.8. The van der Waals surface area contributed by atoms with E-state index in [1.54, 1.807) is 32.8 Å². The maximum absolute atomic E-state index is 14.8. The molecule has 3 aliphatic heterocycles. The van der Waals surface area contributed by atoms with Crippen molar-refractivity contribution in [3.63, 3.8) is 0 Å². The lowest BCUT2D eigenvalue weighted by Crippen LogP contribution is -2.60. The molecule has 17 heteroatoms. The molecule has 5 amide bonds. The third-order valence-corrected chi connectivity index (χ3v) is 14.4. The van der Waals surface area contributed by atoms with Crippen LogP contribution in [0.4, 0.5) is 4.79 Å². The fourth-order valence-corrected chi connectivity index (χ4v) is 10.5. The fourth-order valence-electron chi connectivity index (χ4n) is 9.16. The van der Waals surface area contributed by atoms with Gasteiger partial charge in [-0.2, -0.15) is 0 Å². The number of rotatable bonds is 8. The molecule has 0 radical (unpaired) electrons. The van der Waals surface area contributed by atoms with Crippen LogP contribution in [0.15, 0.2) is 60.7 Å². The summed E-state index contributed by atoms with van der Waals surface area (Å²) in [7, 11) is -2.35. The molecule has 0 spiro atoms. The number of fused-ring (bicyclic) bond motifs is 5. The highest BCUT2D eigenvalue weighted by Gasteiger charge is 2.63. The first kappa shape index (κ1) is 42.2. The SMILES string of the molecule is COc1ccc2c(c1)nc(-c1ccccc1)n2CC(=O)N1C[C@H]2CN3C(=O)[C@H](NC(=O)OC(C)(C)C)CCCCC/C=C\[C@@H]4C[C@]4(C(=O)NS(=O)(=O)C4CC4)NC(=O)[C@@H]3[C@H]2C1. The van der Waals surface area contributed by atoms with Crippen molar-refractivity contribution in [2.75, 3.05) is 26.7 Å². The molecule has 0 unspecified atom stereocenters. The first-order chi connectivity index (χ1) is 29.1. The minimum Gasteiger partial charge on any atom is -0.497 e. The lowest BCUT2D eigenvalue weighted by Gasteiger charge is -2.33. The van der Waals surface area contributed by atoms with Crippen molar-refractivity contribution in [2.45, 2.75) is 107 Å². The Morgan fingerprint density at radius 1 is 0.984 bits per heavy atom. The summed E-state index contributed by atoms with van der Waals surface area (Å²) >= 11 is 0. The highest BCUT2D eigenvalue weighted by Crippen LogP contribution is 2.47. The Balaban J connectivity index is 1.09. The van der Waals surface area contributed by atoms with Crippen LogP contribution in [0.2, 0.25) is 0 Å². The average Bonchev–Trinajstić information content (AvgIpc) is 4.07. The first-order valence-corrected chi connectivity index (χ1v) is 22.8. The van der Waals surface area contributed by atoms with E-state index in [0.717, 1.165) is 23.9 Å². The summed E-state index contributed by atoms with van der Waals surface area (Å²) in [6.07, 6.45) is 7.33. The number of likely N-dealkylation sites (tertiary alicyclic amines) is 1. The Bertz CT molecular complexity index is 2360. The van der Waals surface area contributed by atoms with E-state index in [1.807, 2.05) is 65.3 Å². The standard InChI is InChI=1S/C44H55N7O9S/c1-43(2,3)60-42(56)46-33-16-12-7-5-6-11-15-29-22-44(29,41(55)48-61(57,58)31-18-19-31)47-39(53)37-32-25-49(23-28(32)24-51(37)40(33)54)36(52)26-50-35-20-17-30(59-4)21-34(35)45-38(50)27-13-9-8-10-14-27/h8-11,13-15,17,20-21,28-29,31-33,37H,5-7,12,16,18-19,22-26H2,1-4H3,(H,46,56)(H,47,53)(H,48,55)/b15-11-/t28-,29+,32-,33+,37-,44-/m0/s1. The largest absolute Gasteiger partial charge is 0.497 e. The average molecular weight is 858 g/mol. The first-order valence-electron chi connectivity index (χ1n) is 21.3. The van der Waals surface area contributed by atoms with E-state index < -0.39 is 74.1 Å².